The number of oxime groups is 1. The summed E-state index contributed by atoms with van der Waals surface area (Å²) >= 11 is 0. The van der Waals surface area contributed by atoms with Gasteiger partial charge in [0.25, 0.3) is 0 Å². The lowest BCUT2D eigenvalue weighted by molar-refractivity contribution is 0.0600. The summed E-state index contributed by atoms with van der Waals surface area (Å²) in [5.74, 6) is -0.350. The molecule has 0 aliphatic rings. The molecule has 23 heavy (non-hydrogen) atoms. The molecule has 0 fully saturated rings. The van der Waals surface area contributed by atoms with Gasteiger partial charge in [-0.1, -0.05) is 29.4 Å². The van der Waals surface area contributed by atoms with Crippen molar-refractivity contribution in [2.24, 2.45) is 5.16 Å². The van der Waals surface area contributed by atoms with E-state index in [1.54, 1.807) is 18.3 Å². The first-order valence-corrected chi connectivity index (χ1v) is 7.20. The maximum Gasteiger partial charge on any atom is 0.337 e. The third kappa shape index (κ3) is 4.85. The molecule has 0 radical (unpaired) electrons. The van der Waals surface area contributed by atoms with E-state index in [9.17, 15) is 4.79 Å². The van der Waals surface area contributed by atoms with Gasteiger partial charge in [-0.3, -0.25) is 0 Å². The fourth-order valence-electron chi connectivity index (χ4n) is 1.92. The number of rotatable bonds is 6. The van der Waals surface area contributed by atoms with Crippen LogP contribution in [0.5, 0.6) is 0 Å². The van der Waals surface area contributed by atoms with E-state index in [1.165, 1.54) is 7.11 Å². The number of ether oxygens (including phenoxy) is 1. The zero-order valence-corrected chi connectivity index (χ0v) is 13.5. The molecule has 0 saturated carbocycles. The zero-order chi connectivity index (χ0) is 16.7. The second-order valence-electron chi connectivity index (χ2n) is 5.18. The van der Waals surface area contributed by atoms with Crippen LogP contribution in [0.2, 0.25) is 0 Å². The van der Waals surface area contributed by atoms with Gasteiger partial charge in [0.05, 0.1) is 18.9 Å². The summed E-state index contributed by atoms with van der Waals surface area (Å²) < 4.78 is 4.65. The number of anilines is 1. The highest BCUT2D eigenvalue weighted by Crippen LogP contribution is 2.11. The van der Waals surface area contributed by atoms with Crippen LogP contribution >= 0.6 is 0 Å². The molecule has 0 atom stereocenters. The Morgan fingerprint density at radius 2 is 1.74 bits per heavy atom. The lowest BCUT2D eigenvalue weighted by Crippen LogP contribution is -2.08. The number of carbonyl (C=O) groups excluding carboxylic acids is 1. The van der Waals surface area contributed by atoms with Gasteiger partial charge in [-0.25, -0.2) is 4.79 Å². The Bertz CT molecular complexity index is 662. The SMILES string of the molecule is COC(=O)c1ccc(CO/N=C/c2ccc(N(C)C)cc2)cc1. The summed E-state index contributed by atoms with van der Waals surface area (Å²) in [5, 5.41) is 3.95. The third-order valence-corrected chi connectivity index (χ3v) is 3.29. The molecule has 0 unspecified atom stereocenters. The van der Waals surface area contributed by atoms with Crippen molar-refractivity contribution in [1.82, 2.24) is 0 Å². The molecule has 5 nitrogen and oxygen atoms in total. The van der Waals surface area contributed by atoms with Gasteiger partial charge >= 0.3 is 5.97 Å². The van der Waals surface area contributed by atoms with Crippen LogP contribution in [0.3, 0.4) is 0 Å². The summed E-state index contributed by atoms with van der Waals surface area (Å²) in [6.45, 7) is 0.341. The smallest absolute Gasteiger partial charge is 0.337 e. The predicted molar refractivity (Wildman–Crippen MR) is 90.9 cm³/mol. The molecule has 2 aromatic carbocycles. The average molecular weight is 312 g/mol. The molecule has 2 aromatic rings. The highest BCUT2D eigenvalue weighted by molar-refractivity contribution is 5.89. The number of benzene rings is 2. The van der Waals surface area contributed by atoms with E-state index in [0.29, 0.717) is 12.2 Å². The zero-order valence-electron chi connectivity index (χ0n) is 13.5. The van der Waals surface area contributed by atoms with Gasteiger partial charge in [-0.2, -0.15) is 0 Å². The minimum atomic E-state index is -0.350. The Hall–Kier alpha value is -2.82. The van der Waals surface area contributed by atoms with Gasteiger partial charge in [0, 0.05) is 19.8 Å². The van der Waals surface area contributed by atoms with Gasteiger partial charge in [0.2, 0.25) is 0 Å². The van der Waals surface area contributed by atoms with E-state index in [4.69, 9.17) is 4.84 Å². The minimum absolute atomic E-state index is 0.341. The van der Waals surface area contributed by atoms with Crippen molar-refractivity contribution in [3.8, 4) is 0 Å². The quantitative estimate of drug-likeness (QED) is 0.467. The predicted octanol–water partition coefficient (Wildman–Crippen LogP) is 3.09. The van der Waals surface area contributed by atoms with Crippen LogP contribution in [0.4, 0.5) is 5.69 Å². The number of esters is 1. The molecule has 120 valence electrons. The molecule has 0 heterocycles. The second-order valence-corrected chi connectivity index (χ2v) is 5.18. The summed E-state index contributed by atoms with van der Waals surface area (Å²) in [5.41, 5.74) is 3.55. The molecule has 2 rings (SSSR count). The molecule has 0 amide bonds. The molecular weight excluding hydrogens is 292 g/mol. The number of methoxy groups -OCH3 is 1. The Labute approximate surface area is 136 Å². The molecule has 0 aliphatic carbocycles. The van der Waals surface area contributed by atoms with Crippen LogP contribution in [0.15, 0.2) is 53.7 Å². The second kappa shape index (κ2) is 7.98. The van der Waals surface area contributed by atoms with Gasteiger partial charge < -0.3 is 14.5 Å². The summed E-state index contributed by atoms with van der Waals surface area (Å²) in [4.78, 5) is 18.6. The largest absolute Gasteiger partial charge is 0.465 e. The van der Waals surface area contributed by atoms with Gasteiger partial charge in [-0.15, -0.1) is 0 Å². The first kappa shape index (κ1) is 16.5. The van der Waals surface area contributed by atoms with Crippen molar-refractivity contribution in [3.63, 3.8) is 0 Å². The summed E-state index contributed by atoms with van der Waals surface area (Å²) in [6.07, 6.45) is 1.67. The monoisotopic (exact) mass is 312 g/mol. The number of hydrogen-bond donors (Lipinski definition) is 0. The van der Waals surface area contributed by atoms with E-state index in [-0.39, 0.29) is 5.97 Å². The van der Waals surface area contributed by atoms with Crippen LogP contribution < -0.4 is 4.90 Å². The highest BCUT2D eigenvalue weighted by atomic mass is 16.6. The minimum Gasteiger partial charge on any atom is -0.465 e. The van der Waals surface area contributed by atoms with Crippen molar-refractivity contribution in [2.75, 3.05) is 26.1 Å². The first-order valence-electron chi connectivity index (χ1n) is 7.20. The highest BCUT2D eigenvalue weighted by Gasteiger charge is 2.04. The molecule has 0 N–H and O–H groups in total. The Kier molecular flexibility index (Phi) is 5.74. The van der Waals surface area contributed by atoms with Crippen LogP contribution in [-0.2, 0) is 16.2 Å². The maximum absolute atomic E-state index is 11.3. The van der Waals surface area contributed by atoms with Crippen LogP contribution in [0.1, 0.15) is 21.5 Å². The van der Waals surface area contributed by atoms with Crippen molar-refractivity contribution < 1.29 is 14.4 Å². The fourth-order valence-corrected chi connectivity index (χ4v) is 1.92. The molecular formula is C18H20N2O3. The van der Waals surface area contributed by atoms with Gasteiger partial charge in [0.15, 0.2) is 0 Å². The van der Waals surface area contributed by atoms with Crippen LogP contribution in [0, 0.1) is 0 Å². The van der Waals surface area contributed by atoms with Crippen LogP contribution in [0.25, 0.3) is 0 Å². The number of hydrogen-bond acceptors (Lipinski definition) is 5. The molecule has 0 spiro atoms. The average Bonchev–Trinajstić information content (AvgIpc) is 2.59. The Morgan fingerprint density at radius 3 is 2.30 bits per heavy atom. The van der Waals surface area contributed by atoms with E-state index < -0.39 is 0 Å². The van der Waals surface area contributed by atoms with Gasteiger partial charge in [0.1, 0.15) is 6.61 Å². The van der Waals surface area contributed by atoms with E-state index in [0.717, 1.165) is 16.8 Å². The van der Waals surface area contributed by atoms with Gasteiger partial charge in [-0.05, 0) is 35.4 Å². The molecule has 5 heteroatoms. The first-order chi connectivity index (χ1) is 11.1. The lowest BCUT2D eigenvalue weighted by atomic mass is 10.1. The summed E-state index contributed by atoms with van der Waals surface area (Å²) in [6, 6.07) is 15.0. The fraction of sp³-hybridized carbons (Fsp3) is 0.222. The summed E-state index contributed by atoms with van der Waals surface area (Å²) in [7, 11) is 5.36. The third-order valence-electron chi connectivity index (χ3n) is 3.29. The number of nitrogens with zero attached hydrogens (tertiary/aromatic N) is 2. The van der Waals surface area contributed by atoms with Crippen molar-refractivity contribution in [2.45, 2.75) is 6.61 Å². The van der Waals surface area contributed by atoms with E-state index in [2.05, 4.69) is 9.89 Å². The van der Waals surface area contributed by atoms with Crippen molar-refractivity contribution >= 4 is 17.9 Å². The van der Waals surface area contributed by atoms with E-state index >= 15 is 0 Å². The molecule has 0 aromatic heterocycles. The maximum atomic E-state index is 11.3. The molecule has 0 aliphatic heterocycles. The Balaban J connectivity index is 1.85. The normalized spacial score (nSPS) is 10.6. The molecule has 0 saturated heterocycles. The van der Waals surface area contributed by atoms with Crippen molar-refractivity contribution in [1.29, 1.82) is 0 Å². The Morgan fingerprint density at radius 1 is 1.09 bits per heavy atom. The topological polar surface area (TPSA) is 51.1 Å². The number of carbonyl (C=O) groups is 1. The van der Waals surface area contributed by atoms with Crippen molar-refractivity contribution in [3.05, 3.63) is 65.2 Å². The standard InChI is InChI=1S/C18H20N2O3/c1-20(2)17-10-6-14(7-11-17)12-19-23-13-15-4-8-16(9-5-15)18(21)22-3/h4-12H,13H2,1-3H3/b19-12+. The molecule has 0 bridgehead atoms. The lowest BCUT2D eigenvalue weighted by Gasteiger charge is -2.11. The van der Waals surface area contributed by atoms with E-state index in [1.807, 2.05) is 55.4 Å². The van der Waals surface area contributed by atoms with Crippen LogP contribution in [-0.4, -0.2) is 33.4 Å².